The fraction of sp³-hybridized carbons (Fsp3) is 0.538. The fourth-order valence-corrected chi connectivity index (χ4v) is 2.90. The maximum atomic E-state index is 10.7. The van der Waals surface area contributed by atoms with Crippen molar-refractivity contribution >= 4 is 11.3 Å². The molecule has 0 bridgehead atoms. The fourth-order valence-electron chi connectivity index (χ4n) is 2.90. The third-order valence-electron chi connectivity index (χ3n) is 4.43. The van der Waals surface area contributed by atoms with Crippen LogP contribution in [0.3, 0.4) is 0 Å². The van der Waals surface area contributed by atoms with Crippen molar-refractivity contribution in [1.29, 1.82) is 0 Å². The monoisotopic (exact) mass is 294 g/mol. The van der Waals surface area contributed by atoms with Crippen LogP contribution in [0.1, 0.15) is 19.5 Å². The third kappa shape index (κ3) is 1.70. The van der Waals surface area contributed by atoms with Gasteiger partial charge in [-0.05, 0) is 26.0 Å². The van der Waals surface area contributed by atoms with Gasteiger partial charge in [-0.25, -0.2) is 9.50 Å². The number of hydrogen-bond donors (Lipinski definition) is 4. The average molecular weight is 294 g/mol. The van der Waals surface area contributed by atoms with Gasteiger partial charge >= 0.3 is 0 Å². The van der Waals surface area contributed by atoms with Gasteiger partial charge in [0.15, 0.2) is 5.82 Å². The minimum absolute atomic E-state index is 0.303. The van der Waals surface area contributed by atoms with E-state index in [-0.39, 0.29) is 0 Å². The first-order valence-electron chi connectivity index (χ1n) is 6.60. The van der Waals surface area contributed by atoms with Crippen molar-refractivity contribution in [1.82, 2.24) is 14.6 Å². The van der Waals surface area contributed by atoms with E-state index in [0.717, 1.165) is 0 Å². The minimum atomic E-state index is -1.60. The molecular formula is C13H18N4O4. The summed E-state index contributed by atoms with van der Waals surface area (Å²) in [6.45, 7) is 2.72. The Morgan fingerprint density at radius 3 is 2.76 bits per heavy atom. The van der Waals surface area contributed by atoms with E-state index < -0.39 is 30.0 Å². The molecule has 0 saturated carbocycles. The number of ether oxygens (including phenoxy) is 1. The van der Waals surface area contributed by atoms with E-state index in [1.165, 1.54) is 17.8 Å². The summed E-state index contributed by atoms with van der Waals surface area (Å²) in [4.78, 5) is 3.91. The molecule has 0 radical (unpaired) electrons. The number of rotatable bonds is 2. The van der Waals surface area contributed by atoms with Crippen LogP contribution in [-0.4, -0.2) is 54.3 Å². The van der Waals surface area contributed by atoms with Crippen molar-refractivity contribution in [2.24, 2.45) is 0 Å². The van der Waals surface area contributed by atoms with Crippen LogP contribution in [-0.2, 0) is 10.3 Å². The molecule has 2 aromatic heterocycles. The van der Waals surface area contributed by atoms with E-state index in [2.05, 4.69) is 10.1 Å². The molecule has 2 aromatic rings. The molecule has 8 heteroatoms. The molecule has 0 aliphatic carbocycles. The summed E-state index contributed by atoms with van der Waals surface area (Å²) in [6, 6.07) is 3.43. The summed E-state index contributed by atoms with van der Waals surface area (Å²) in [5, 5.41) is 34.3. The number of fused-ring (bicyclic) bond motifs is 1. The van der Waals surface area contributed by atoms with Crippen molar-refractivity contribution in [2.75, 3.05) is 12.3 Å². The molecule has 1 aliphatic rings. The number of aromatic nitrogens is 3. The molecule has 5 N–H and O–H groups in total. The Morgan fingerprint density at radius 1 is 1.43 bits per heavy atom. The lowest BCUT2D eigenvalue weighted by Gasteiger charge is -2.35. The Labute approximate surface area is 120 Å². The lowest BCUT2D eigenvalue weighted by Crippen LogP contribution is -2.51. The van der Waals surface area contributed by atoms with E-state index in [4.69, 9.17) is 10.5 Å². The molecule has 1 fully saturated rings. The summed E-state index contributed by atoms with van der Waals surface area (Å²) in [7, 11) is 0. The van der Waals surface area contributed by atoms with Gasteiger partial charge in [0, 0.05) is 0 Å². The summed E-state index contributed by atoms with van der Waals surface area (Å²) in [5.41, 5.74) is 4.03. The summed E-state index contributed by atoms with van der Waals surface area (Å²) in [6.07, 6.45) is -0.800. The predicted molar refractivity (Wildman–Crippen MR) is 73.3 cm³/mol. The molecule has 8 nitrogen and oxygen atoms in total. The van der Waals surface area contributed by atoms with Crippen LogP contribution in [0.4, 0.5) is 5.82 Å². The van der Waals surface area contributed by atoms with Gasteiger partial charge in [-0.1, -0.05) is 0 Å². The van der Waals surface area contributed by atoms with E-state index in [1.54, 1.807) is 19.1 Å². The quantitative estimate of drug-likeness (QED) is 0.561. The van der Waals surface area contributed by atoms with Crippen LogP contribution in [0.2, 0.25) is 0 Å². The van der Waals surface area contributed by atoms with Gasteiger partial charge in [0.05, 0.1) is 12.3 Å². The van der Waals surface area contributed by atoms with Crippen LogP contribution in [0, 0.1) is 0 Å². The number of aliphatic hydroxyl groups excluding tert-OH is 2. The Morgan fingerprint density at radius 2 is 2.14 bits per heavy atom. The molecule has 0 amide bonds. The highest BCUT2D eigenvalue weighted by molar-refractivity contribution is 5.65. The number of anilines is 1. The lowest BCUT2D eigenvalue weighted by atomic mass is 9.81. The molecular weight excluding hydrogens is 276 g/mol. The first kappa shape index (κ1) is 14.2. The number of nitrogen functional groups attached to an aromatic ring is 1. The van der Waals surface area contributed by atoms with Crippen molar-refractivity contribution in [3.8, 4) is 0 Å². The Bertz CT molecular complexity index is 686. The van der Waals surface area contributed by atoms with E-state index in [0.29, 0.717) is 17.0 Å². The average Bonchev–Trinajstić information content (AvgIpc) is 2.95. The van der Waals surface area contributed by atoms with Crippen molar-refractivity contribution in [2.45, 2.75) is 37.3 Å². The molecule has 0 aromatic carbocycles. The molecule has 0 unspecified atom stereocenters. The van der Waals surface area contributed by atoms with E-state index >= 15 is 0 Å². The molecule has 1 aliphatic heterocycles. The second-order valence-corrected chi connectivity index (χ2v) is 5.63. The van der Waals surface area contributed by atoms with Crippen molar-refractivity contribution in [3.63, 3.8) is 0 Å². The second kappa shape index (κ2) is 4.38. The number of hydrogen-bond acceptors (Lipinski definition) is 7. The zero-order valence-corrected chi connectivity index (χ0v) is 11.8. The smallest absolute Gasteiger partial charge is 0.151 e. The molecule has 1 saturated heterocycles. The highest BCUT2D eigenvalue weighted by Gasteiger charge is 2.61. The number of nitrogens with zero attached hydrogens (tertiary/aromatic N) is 3. The Hall–Kier alpha value is -1.74. The summed E-state index contributed by atoms with van der Waals surface area (Å²) in [5.74, 6) is 0.303. The zero-order valence-electron chi connectivity index (χ0n) is 11.8. The molecule has 21 heavy (non-hydrogen) atoms. The van der Waals surface area contributed by atoms with Crippen LogP contribution in [0.25, 0.3) is 5.52 Å². The Kier molecular flexibility index (Phi) is 2.96. The third-order valence-corrected chi connectivity index (χ3v) is 4.43. The standard InChI is InChI=1S/C13H18N4O4/c1-12(20)10(19)8(5-18)21-13(12,2)9-4-3-7-11(14)15-6-16-17(7)9/h3-4,6,8,10,18-20H,5H2,1-2H3,(H2,14,15,16)/t8-,10-,12-,13+/m1/s1. The highest BCUT2D eigenvalue weighted by Crippen LogP contribution is 2.47. The van der Waals surface area contributed by atoms with E-state index in [1.807, 2.05) is 0 Å². The Balaban J connectivity index is 2.19. The van der Waals surface area contributed by atoms with Crippen LogP contribution >= 0.6 is 0 Å². The van der Waals surface area contributed by atoms with Gasteiger partial charge in [0.1, 0.15) is 35.3 Å². The van der Waals surface area contributed by atoms with Gasteiger partial charge in [-0.15, -0.1) is 0 Å². The summed E-state index contributed by atoms with van der Waals surface area (Å²) < 4.78 is 7.26. The second-order valence-electron chi connectivity index (χ2n) is 5.63. The van der Waals surface area contributed by atoms with Gasteiger partial charge < -0.3 is 25.8 Å². The van der Waals surface area contributed by atoms with Gasteiger partial charge in [-0.2, -0.15) is 5.10 Å². The zero-order chi connectivity index (χ0) is 15.4. The summed E-state index contributed by atoms with van der Waals surface area (Å²) >= 11 is 0. The van der Waals surface area contributed by atoms with Crippen LogP contribution < -0.4 is 5.73 Å². The van der Waals surface area contributed by atoms with Crippen molar-refractivity contribution in [3.05, 3.63) is 24.2 Å². The minimum Gasteiger partial charge on any atom is -0.394 e. The topological polar surface area (TPSA) is 126 Å². The SMILES string of the molecule is C[C@@]1(c2ccc3c(N)ncnn23)O[C@H](CO)[C@@H](O)[C@@]1(C)O. The molecule has 3 heterocycles. The first-order valence-corrected chi connectivity index (χ1v) is 6.60. The number of aliphatic hydroxyl groups is 3. The van der Waals surface area contributed by atoms with Gasteiger partial charge in [0.25, 0.3) is 0 Å². The molecule has 0 spiro atoms. The van der Waals surface area contributed by atoms with Crippen molar-refractivity contribution < 1.29 is 20.1 Å². The normalized spacial score (nSPS) is 36.4. The first-order chi connectivity index (χ1) is 9.83. The van der Waals surface area contributed by atoms with E-state index in [9.17, 15) is 15.3 Å². The van der Waals surface area contributed by atoms with Crippen LogP contribution in [0.15, 0.2) is 18.5 Å². The van der Waals surface area contributed by atoms with Gasteiger partial charge in [-0.3, -0.25) is 0 Å². The van der Waals surface area contributed by atoms with Crippen LogP contribution in [0.5, 0.6) is 0 Å². The molecule has 3 rings (SSSR count). The number of nitrogens with two attached hydrogens (primary N) is 1. The lowest BCUT2D eigenvalue weighted by molar-refractivity contribution is -0.133. The molecule has 4 atom stereocenters. The highest BCUT2D eigenvalue weighted by atomic mass is 16.6. The molecule has 114 valence electrons. The maximum absolute atomic E-state index is 10.7. The maximum Gasteiger partial charge on any atom is 0.151 e. The predicted octanol–water partition coefficient (Wildman–Crippen LogP) is -0.970. The largest absolute Gasteiger partial charge is 0.394 e. The van der Waals surface area contributed by atoms with Gasteiger partial charge in [0.2, 0.25) is 0 Å².